The van der Waals surface area contributed by atoms with Crippen molar-refractivity contribution in [1.82, 2.24) is 0 Å². The normalized spacial score (nSPS) is 7.27. The lowest BCUT2D eigenvalue weighted by molar-refractivity contribution is 0.626. The Morgan fingerprint density at radius 1 is 1.27 bits per heavy atom. The Bertz CT molecular complexity index is 176. The fraction of sp³-hybridized carbons (Fsp3) is 0.143. The van der Waals surface area contributed by atoms with Crippen molar-refractivity contribution >= 4 is 12.4 Å². The van der Waals surface area contributed by atoms with Crippen LogP contribution in [0.5, 0.6) is 0 Å². The summed E-state index contributed by atoms with van der Waals surface area (Å²) in [7, 11) is 0. The summed E-state index contributed by atoms with van der Waals surface area (Å²) < 4.78 is 12.2. The SMILES string of the molecule is Cc1cccc(F)c1.Cl.NN. The van der Waals surface area contributed by atoms with Gasteiger partial charge in [0.2, 0.25) is 0 Å². The molecule has 1 aromatic rings. The molecule has 4 N–H and O–H groups in total. The van der Waals surface area contributed by atoms with Crippen LogP contribution in [0, 0.1) is 12.7 Å². The average molecular weight is 179 g/mol. The van der Waals surface area contributed by atoms with Crippen molar-refractivity contribution in [2.45, 2.75) is 6.92 Å². The van der Waals surface area contributed by atoms with Gasteiger partial charge in [0.15, 0.2) is 0 Å². The number of halogens is 2. The summed E-state index contributed by atoms with van der Waals surface area (Å²) in [4.78, 5) is 0. The molecule has 0 saturated heterocycles. The molecule has 0 aliphatic heterocycles. The fourth-order valence-electron chi connectivity index (χ4n) is 0.606. The Morgan fingerprint density at radius 3 is 2.09 bits per heavy atom. The minimum atomic E-state index is -0.162. The molecule has 0 aliphatic carbocycles. The summed E-state index contributed by atoms with van der Waals surface area (Å²) >= 11 is 0. The molecule has 0 fully saturated rings. The number of hydrogen-bond donors (Lipinski definition) is 2. The van der Waals surface area contributed by atoms with E-state index in [1.807, 2.05) is 13.0 Å². The van der Waals surface area contributed by atoms with E-state index in [2.05, 4.69) is 11.7 Å². The second-order valence-corrected chi connectivity index (χ2v) is 1.80. The Morgan fingerprint density at radius 2 is 1.82 bits per heavy atom. The number of nitrogens with two attached hydrogens (primary N) is 2. The lowest BCUT2D eigenvalue weighted by atomic mass is 10.2. The molecule has 0 amide bonds. The molecule has 1 aromatic carbocycles. The van der Waals surface area contributed by atoms with Gasteiger partial charge < -0.3 is 0 Å². The van der Waals surface area contributed by atoms with E-state index in [1.54, 1.807) is 6.07 Å². The van der Waals surface area contributed by atoms with Crippen LogP contribution in [0.4, 0.5) is 4.39 Å². The zero-order valence-corrected chi connectivity index (χ0v) is 7.07. The monoisotopic (exact) mass is 178 g/mol. The summed E-state index contributed by atoms with van der Waals surface area (Å²) in [6.07, 6.45) is 0. The molecule has 0 bridgehead atoms. The minimum Gasteiger partial charge on any atom is -0.274 e. The van der Waals surface area contributed by atoms with Crippen LogP contribution >= 0.6 is 12.4 Å². The Labute approximate surface area is 71.8 Å². The number of benzene rings is 1. The first-order chi connectivity index (χ1) is 4.79. The lowest BCUT2D eigenvalue weighted by Crippen LogP contribution is -2.02. The first-order valence-corrected chi connectivity index (χ1v) is 2.84. The van der Waals surface area contributed by atoms with E-state index < -0.39 is 0 Å². The summed E-state index contributed by atoms with van der Waals surface area (Å²) in [5.41, 5.74) is 0.963. The molecule has 2 nitrogen and oxygen atoms in total. The Kier molecular flexibility index (Phi) is 8.82. The third-order valence-electron chi connectivity index (χ3n) is 0.980. The van der Waals surface area contributed by atoms with Gasteiger partial charge in [-0.25, -0.2) is 4.39 Å². The number of aryl methyl sites for hydroxylation is 1. The third kappa shape index (κ3) is 5.79. The van der Waals surface area contributed by atoms with Gasteiger partial charge in [0.1, 0.15) is 5.82 Å². The van der Waals surface area contributed by atoms with Gasteiger partial charge in [0.05, 0.1) is 0 Å². The zero-order chi connectivity index (χ0) is 7.98. The summed E-state index contributed by atoms with van der Waals surface area (Å²) in [6, 6.07) is 6.50. The maximum Gasteiger partial charge on any atom is 0.123 e. The van der Waals surface area contributed by atoms with E-state index in [9.17, 15) is 4.39 Å². The molecule has 4 heteroatoms. The van der Waals surface area contributed by atoms with Crippen molar-refractivity contribution in [2.24, 2.45) is 11.7 Å². The summed E-state index contributed by atoms with van der Waals surface area (Å²) in [5.74, 6) is 7.84. The molecule has 0 saturated carbocycles. The van der Waals surface area contributed by atoms with Crippen LogP contribution < -0.4 is 11.7 Å². The Hall–Kier alpha value is -0.640. The van der Waals surface area contributed by atoms with Crippen molar-refractivity contribution in [2.75, 3.05) is 0 Å². The van der Waals surface area contributed by atoms with Crippen molar-refractivity contribution < 1.29 is 4.39 Å². The van der Waals surface area contributed by atoms with Crippen LogP contribution in [0.3, 0.4) is 0 Å². The third-order valence-corrected chi connectivity index (χ3v) is 0.980. The minimum absolute atomic E-state index is 0. The van der Waals surface area contributed by atoms with Gasteiger partial charge in [-0.3, -0.25) is 11.7 Å². The van der Waals surface area contributed by atoms with Crippen molar-refractivity contribution in [3.8, 4) is 0 Å². The number of hydrazine groups is 1. The maximum absolute atomic E-state index is 12.2. The van der Waals surface area contributed by atoms with E-state index in [0.717, 1.165) is 5.56 Å². The molecule has 0 unspecified atom stereocenters. The van der Waals surface area contributed by atoms with Crippen molar-refractivity contribution in [3.05, 3.63) is 35.6 Å². The number of rotatable bonds is 0. The smallest absolute Gasteiger partial charge is 0.123 e. The largest absolute Gasteiger partial charge is 0.274 e. The van der Waals surface area contributed by atoms with Crippen LogP contribution in [-0.2, 0) is 0 Å². The van der Waals surface area contributed by atoms with Crippen LogP contribution in [-0.4, -0.2) is 0 Å². The summed E-state index contributed by atoms with van der Waals surface area (Å²) in [5, 5.41) is 0. The first-order valence-electron chi connectivity index (χ1n) is 2.84. The molecule has 0 heterocycles. The van der Waals surface area contributed by atoms with Gasteiger partial charge in [-0.2, -0.15) is 0 Å². The van der Waals surface area contributed by atoms with Gasteiger partial charge in [-0.15, -0.1) is 12.4 Å². The molecule has 11 heavy (non-hydrogen) atoms. The zero-order valence-electron chi connectivity index (χ0n) is 6.25. The molecule has 0 atom stereocenters. The fourth-order valence-corrected chi connectivity index (χ4v) is 0.606. The van der Waals surface area contributed by atoms with Gasteiger partial charge in [0.25, 0.3) is 0 Å². The topological polar surface area (TPSA) is 52.0 Å². The molecule has 1 rings (SSSR count). The van der Waals surface area contributed by atoms with Crippen molar-refractivity contribution in [3.63, 3.8) is 0 Å². The van der Waals surface area contributed by atoms with E-state index in [0.29, 0.717) is 0 Å². The second-order valence-electron chi connectivity index (χ2n) is 1.80. The molecule has 0 aromatic heterocycles. The maximum atomic E-state index is 12.2. The predicted molar refractivity (Wildman–Crippen MR) is 46.8 cm³/mol. The highest BCUT2D eigenvalue weighted by atomic mass is 35.5. The highest BCUT2D eigenvalue weighted by Crippen LogP contribution is 1.99. The van der Waals surface area contributed by atoms with E-state index in [4.69, 9.17) is 0 Å². The number of hydrogen-bond acceptors (Lipinski definition) is 2. The highest BCUT2D eigenvalue weighted by molar-refractivity contribution is 5.85. The second kappa shape index (κ2) is 7.47. The summed E-state index contributed by atoms with van der Waals surface area (Å²) in [6.45, 7) is 1.86. The molecule has 0 radical (unpaired) electrons. The molecular weight excluding hydrogens is 167 g/mol. The van der Waals surface area contributed by atoms with Crippen LogP contribution in [0.15, 0.2) is 24.3 Å². The molecule has 0 aliphatic rings. The van der Waals surface area contributed by atoms with Crippen LogP contribution in [0.1, 0.15) is 5.56 Å². The predicted octanol–water partition coefficient (Wildman–Crippen LogP) is 1.37. The van der Waals surface area contributed by atoms with E-state index >= 15 is 0 Å². The van der Waals surface area contributed by atoms with Gasteiger partial charge in [-0.05, 0) is 24.6 Å². The van der Waals surface area contributed by atoms with Gasteiger partial charge in [-0.1, -0.05) is 12.1 Å². The van der Waals surface area contributed by atoms with Crippen LogP contribution in [0.2, 0.25) is 0 Å². The molecule has 64 valence electrons. The van der Waals surface area contributed by atoms with Crippen LogP contribution in [0.25, 0.3) is 0 Å². The quantitative estimate of drug-likeness (QED) is 0.466. The van der Waals surface area contributed by atoms with Gasteiger partial charge >= 0.3 is 0 Å². The molecule has 0 spiro atoms. The molecular formula is C7H12ClFN2. The Balaban J connectivity index is 0. The lowest BCUT2D eigenvalue weighted by Gasteiger charge is -1.87. The van der Waals surface area contributed by atoms with E-state index in [1.165, 1.54) is 12.1 Å². The van der Waals surface area contributed by atoms with E-state index in [-0.39, 0.29) is 18.2 Å². The van der Waals surface area contributed by atoms with Gasteiger partial charge in [0, 0.05) is 0 Å². The average Bonchev–Trinajstić information content (AvgIpc) is 1.91. The standard InChI is InChI=1S/C7H7F.ClH.H4N2/c1-6-3-2-4-7(8)5-6;;1-2/h2-5H,1H3;1H;1-2H2. The van der Waals surface area contributed by atoms with Crippen molar-refractivity contribution in [1.29, 1.82) is 0 Å². The highest BCUT2D eigenvalue weighted by Gasteiger charge is 1.84. The first kappa shape index (κ1) is 13.0.